The van der Waals surface area contributed by atoms with Gasteiger partial charge < -0.3 is 10.8 Å². The van der Waals surface area contributed by atoms with Crippen molar-refractivity contribution >= 4 is 5.82 Å². The molecular weight excluding hydrogens is 202 g/mol. The number of aliphatic hydroxyl groups excluding tert-OH is 1. The SMILES string of the molecule is CC(C)(C)n1nc(C2CCC(O)C2)cc1N. The molecule has 1 heterocycles. The molecule has 0 radical (unpaired) electrons. The van der Waals surface area contributed by atoms with Gasteiger partial charge in [0.2, 0.25) is 0 Å². The van der Waals surface area contributed by atoms with Gasteiger partial charge in [-0.1, -0.05) is 0 Å². The Hall–Kier alpha value is -1.03. The van der Waals surface area contributed by atoms with Crippen molar-refractivity contribution in [2.24, 2.45) is 0 Å². The van der Waals surface area contributed by atoms with Crippen molar-refractivity contribution in [1.29, 1.82) is 0 Å². The summed E-state index contributed by atoms with van der Waals surface area (Å²) in [5.74, 6) is 1.09. The van der Waals surface area contributed by atoms with Crippen molar-refractivity contribution in [2.45, 2.75) is 57.6 Å². The van der Waals surface area contributed by atoms with Crippen LogP contribution in [0, 0.1) is 0 Å². The number of nitrogens with zero attached hydrogens (tertiary/aromatic N) is 2. The van der Waals surface area contributed by atoms with Crippen molar-refractivity contribution in [3.05, 3.63) is 11.8 Å². The first-order chi connectivity index (χ1) is 7.38. The molecule has 4 heteroatoms. The molecule has 1 aromatic heterocycles. The van der Waals surface area contributed by atoms with E-state index in [2.05, 4.69) is 25.9 Å². The third-order valence-electron chi connectivity index (χ3n) is 3.21. The van der Waals surface area contributed by atoms with E-state index in [9.17, 15) is 5.11 Å². The number of rotatable bonds is 1. The molecule has 90 valence electrons. The lowest BCUT2D eigenvalue weighted by atomic mass is 10.0. The average molecular weight is 223 g/mol. The van der Waals surface area contributed by atoms with Gasteiger partial charge in [-0.3, -0.25) is 0 Å². The van der Waals surface area contributed by atoms with E-state index in [1.54, 1.807) is 0 Å². The topological polar surface area (TPSA) is 64.1 Å². The van der Waals surface area contributed by atoms with E-state index in [4.69, 9.17) is 5.73 Å². The van der Waals surface area contributed by atoms with Crippen LogP contribution in [0.5, 0.6) is 0 Å². The second kappa shape index (κ2) is 3.77. The van der Waals surface area contributed by atoms with Crippen molar-refractivity contribution in [2.75, 3.05) is 5.73 Å². The summed E-state index contributed by atoms with van der Waals surface area (Å²) in [4.78, 5) is 0. The molecule has 4 nitrogen and oxygen atoms in total. The van der Waals surface area contributed by atoms with Gasteiger partial charge >= 0.3 is 0 Å². The van der Waals surface area contributed by atoms with Crippen LogP contribution in [0.15, 0.2) is 6.07 Å². The summed E-state index contributed by atoms with van der Waals surface area (Å²) in [7, 11) is 0. The minimum atomic E-state index is -0.161. The van der Waals surface area contributed by atoms with Gasteiger partial charge in [0.05, 0.1) is 17.3 Å². The largest absolute Gasteiger partial charge is 0.393 e. The summed E-state index contributed by atoms with van der Waals surface area (Å²) >= 11 is 0. The summed E-state index contributed by atoms with van der Waals surface area (Å²) < 4.78 is 1.87. The molecule has 0 spiro atoms. The molecule has 0 saturated heterocycles. The number of anilines is 1. The van der Waals surface area contributed by atoms with Crippen LogP contribution in [0.2, 0.25) is 0 Å². The fourth-order valence-electron chi connectivity index (χ4n) is 2.38. The van der Waals surface area contributed by atoms with Crippen LogP contribution in [0.3, 0.4) is 0 Å². The highest BCUT2D eigenvalue weighted by Crippen LogP contribution is 2.35. The van der Waals surface area contributed by atoms with Crippen molar-refractivity contribution in [3.63, 3.8) is 0 Å². The Kier molecular flexibility index (Phi) is 2.70. The fourth-order valence-corrected chi connectivity index (χ4v) is 2.38. The standard InChI is InChI=1S/C12H21N3O/c1-12(2,3)15-11(13)7-10(14-15)8-4-5-9(16)6-8/h7-9,16H,4-6,13H2,1-3H3. The lowest BCUT2D eigenvalue weighted by Crippen LogP contribution is -2.24. The van der Waals surface area contributed by atoms with E-state index < -0.39 is 0 Å². The van der Waals surface area contributed by atoms with Gasteiger partial charge in [-0.25, -0.2) is 4.68 Å². The van der Waals surface area contributed by atoms with E-state index in [-0.39, 0.29) is 11.6 Å². The molecule has 0 amide bonds. The normalized spacial score (nSPS) is 26.2. The van der Waals surface area contributed by atoms with E-state index in [0.29, 0.717) is 11.7 Å². The van der Waals surface area contributed by atoms with Crippen LogP contribution in [0.4, 0.5) is 5.82 Å². The zero-order valence-corrected chi connectivity index (χ0v) is 10.3. The van der Waals surface area contributed by atoms with Crippen LogP contribution >= 0.6 is 0 Å². The number of nitrogens with two attached hydrogens (primary N) is 1. The van der Waals surface area contributed by atoms with Crippen molar-refractivity contribution in [1.82, 2.24) is 9.78 Å². The first-order valence-electron chi connectivity index (χ1n) is 5.92. The lowest BCUT2D eigenvalue weighted by molar-refractivity contribution is 0.181. The summed E-state index contributed by atoms with van der Waals surface area (Å²) in [5.41, 5.74) is 6.92. The number of aliphatic hydroxyl groups is 1. The molecule has 1 saturated carbocycles. The summed E-state index contributed by atoms with van der Waals surface area (Å²) in [6.45, 7) is 6.26. The first kappa shape index (κ1) is 11.5. The van der Waals surface area contributed by atoms with Crippen LogP contribution in [-0.2, 0) is 5.54 Å². The van der Waals surface area contributed by atoms with Crippen LogP contribution in [-0.4, -0.2) is 21.0 Å². The molecule has 16 heavy (non-hydrogen) atoms. The minimum Gasteiger partial charge on any atom is -0.393 e. The molecule has 1 aliphatic rings. The summed E-state index contributed by atoms with van der Waals surface area (Å²) in [6.07, 6.45) is 2.56. The smallest absolute Gasteiger partial charge is 0.122 e. The van der Waals surface area contributed by atoms with Crippen LogP contribution in [0.1, 0.15) is 51.6 Å². The predicted molar refractivity (Wildman–Crippen MR) is 64.2 cm³/mol. The van der Waals surface area contributed by atoms with E-state index in [1.165, 1.54) is 0 Å². The lowest BCUT2D eigenvalue weighted by Gasteiger charge is -2.20. The molecule has 2 atom stereocenters. The Morgan fingerprint density at radius 2 is 2.12 bits per heavy atom. The zero-order chi connectivity index (χ0) is 11.9. The molecule has 1 aromatic rings. The number of hydrogen-bond acceptors (Lipinski definition) is 3. The highest BCUT2D eigenvalue weighted by Gasteiger charge is 2.28. The molecule has 3 N–H and O–H groups in total. The number of aromatic nitrogens is 2. The quantitative estimate of drug-likeness (QED) is 0.763. The van der Waals surface area contributed by atoms with Gasteiger partial charge in [-0.15, -0.1) is 0 Å². The fraction of sp³-hybridized carbons (Fsp3) is 0.750. The minimum absolute atomic E-state index is 0.0838. The third kappa shape index (κ3) is 2.07. The van der Waals surface area contributed by atoms with Gasteiger partial charge in [0.1, 0.15) is 5.82 Å². The Bertz CT molecular complexity index is 378. The summed E-state index contributed by atoms with van der Waals surface area (Å²) in [5, 5.41) is 14.1. The predicted octanol–water partition coefficient (Wildman–Crippen LogP) is 1.85. The third-order valence-corrected chi connectivity index (χ3v) is 3.21. The monoisotopic (exact) mass is 223 g/mol. The van der Waals surface area contributed by atoms with E-state index in [1.807, 2.05) is 10.7 Å². The van der Waals surface area contributed by atoms with Crippen LogP contribution in [0.25, 0.3) is 0 Å². The Morgan fingerprint density at radius 1 is 1.44 bits per heavy atom. The van der Waals surface area contributed by atoms with E-state index >= 15 is 0 Å². The molecule has 2 unspecified atom stereocenters. The molecule has 0 aromatic carbocycles. The zero-order valence-electron chi connectivity index (χ0n) is 10.3. The first-order valence-corrected chi connectivity index (χ1v) is 5.92. The molecule has 0 bridgehead atoms. The van der Waals surface area contributed by atoms with Gasteiger partial charge in [0, 0.05) is 12.0 Å². The average Bonchev–Trinajstić information content (AvgIpc) is 2.70. The Labute approximate surface area is 96.5 Å². The second-order valence-corrected chi connectivity index (χ2v) is 5.74. The maximum atomic E-state index is 9.53. The molecule has 1 fully saturated rings. The maximum absolute atomic E-state index is 9.53. The number of nitrogen functional groups attached to an aromatic ring is 1. The van der Waals surface area contributed by atoms with E-state index in [0.717, 1.165) is 25.0 Å². The molecule has 2 rings (SSSR count). The molecule has 1 aliphatic carbocycles. The highest BCUT2D eigenvalue weighted by molar-refractivity contribution is 5.34. The molecule has 0 aliphatic heterocycles. The van der Waals surface area contributed by atoms with Crippen molar-refractivity contribution in [3.8, 4) is 0 Å². The van der Waals surface area contributed by atoms with Gasteiger partial charge in [0.15, 0.2) is 0 Å². The summed E-state index contributed by atoms with van der Waals surface area (Å²) in [6, 6.07) is 1.95. The number of hydrogen-bond donors (Lipinski definition) is 2. The highest BCUT2D eigenvalue weighted by atomic mass is 16.3. The van der Waals surface area contributed by atoms with Crippen LogP contribution < -0.4 is 5.73 Å². The van der Waals surface area contributed by atoms with Gasteiger partial charge in [0.25, 0.3) is 0 Å². The van der Waals surface area contributed by atoms with Crippen molar-refractivity contribution < 1.29 is 5.11 Å². The Balaban J connectivity index is 2.24. The van der Waals surface area contributed by atoms with Gasteiger partial charge in [-0.2, -0.15) is 5.10 Å². The molecular formula is C12H21N3O. The second-order valence-electron chi connectivity index (χ2n) is 5.74. The Morgan fingerprint density at radius 3 is 2.56 bits per heavy atom. The van der Waals surface area contributed by atoms with Gasteiger partial charge in [-0.05, 0) is 40.0 Å². The maximum Gasteiger partial charge on any atom is 0.122 e.